The van der Waals surface area contributed by atoms with E-state index in [1.807, 2.05) is 5.92 Å². The molecule has 1 unspecified atom stereocenters. The van der Waals surface area contributed by atoms with Crippen molar-refractivity contribution >= 4 is 23.5 Å². The molecular formula is C7H7ClO4. The van der Waals surface area contributed by atoms with Gasteiger partial charge in [-0.2, -0.15) is 0 Å². The molecule has 4 nitrogen and oxygen atoms in total. The molecule has 0 rings (SSSR count). The summed E-state index contributed by atoms with van der Waals surface area (Å²) >= 11 is 5.41. The van der Waals surface area contributed by atoms with Crippen molar-refractivity contribution in [3.05, 3.63) is 0 Å². The van der Waals surface area contributed by atoms with E-state index >= 15 is 0 Å². The topological polar surface area (TPSA) is 63.6 Å². The van der Waals surface area contributed by atoms with Crippen molar-refractivity contribution in [3.8, 4) is 12.3 Å². The molecule has 1 atom stereocenters. The third-order valence-corrected chi connectivity index (χ3v) is 1.64. The first kappa shape index (κ1) is 10.8. The van der Waals surface area contributed by atoms with Crippen molar-refractivity contribution in [3.63, 3.8) is 0 Å². The van der Waals surface area contributed by atoms with E-state index in [-0.39, 0.29) is 0 Å². The summed E-state index contributed by atoms with van der Waals surface area (Å²) in [5.74, 6) is -0.575. The van der Waals surface area contributed by atoms with E-state index < -0.39 is 23.2 Å². The highest BCUT2D eigenvalue weighted by atomic mass is 35.5. The number of hydrogen-bond donors (Lipinski definition) is 1. The Balaban J connectivity index is 4.76. The molecule has 12 heavy (non-hydrogen) atoms. The van der Waals surface area contributed by atoms with Gasteiger partial charge in [0.05, 0.1) is 7.11 Å². The molecule has 0 amide bonds. The zero-order valence-corrected chi connectivity index (χ0v) is 7.09. The number of hydrogen-bond acceptors (Lipinski definition) is 3. The standard InChI is InChI=1S/C7H7ClO4/c1-3-4-7(8,5(9)10)6(11)12-2/h1H,4H2,2H3,(H,9,10). The maximum Gasteiger partial charge on any atom is 0.339 e. The van der Waals surface area contributed by atoms with Crippen LogP contribution in [0.5, 0.6) is 0 Å². The van der Waals surface area contributed by atoms with Crippen molar-refractivity contribution in [2.45, 2.75) is 11.3 Å². The molecule has 0 saturated carbocycles. The third kappa shape index (κ3) is 1.89. The molecular weight excluding hydrogens is 184 g/mol. The number of rotatable bonds is 3. The summed E-state index contributed by atoms with van der Waals surface area (Å²) in [6, 6.07) is 0. The Kier molecular flexibility index (Phi) is 3.58. The van der Waals surface area contributed by atoms with Gasteiger partial charge in [0.1, 0.15) is 0 Å². The molecule has 0 bridgehead atoms. The maximum absolute atomic E-state index is 10.8. The summed E-state index contributed by atoms with van der Waals surface area (Å²) < 4.78 is 4.18. The normalized spacial score (nSPS) is 14.1. The number of carboxylic acids is 1. The van der Waals surface area contributed by atoms with E-state index in [0.29, 0.717) is 0 Å². The van der Waals surface area contributed by atoms with E-state index in [9.17, 15) is 9.59 Å². The number of ether oxygens (including phenoxy) is 1. The summed E-state index contributed by atoms with van der Waals surface area (Å²) in [6.45, 7) is 0. The fourth-order valence-electron chi connectivity index (χ4n) is 0.538. The number of methoxy groups -OCH3 is 1. The Morgan fingerprint density at radius 3 is 2.50 bits per heavy atom. The summed E-state index contributed by atoms with van der Waals surface area (Å²) in [5.41, 5.74) is 0. The van der Waals surface area contributed by atoms with Crippen LogP contribution in [0, 0.1) is 12.3 Å². The molecule has 66 valence electrons. The van der Waals surface area contributed by atoms with Gasteiger partial charge in [0, 0.05) is 6.42 Å². The number of aliphatic carboxylic acids is 1. The van der Waals surface area contributed by atoms with Gasteiger partial charge in [-0.1, -0.05) is 11.6 Å². The quantitative estimate of drug-likeness (QED) is 0.300. The van der Waals surface area contributed by atoms with Gasteiger partial charge in [-0.05, 0) is 0 Å². The predicted molar refractivity (Wildman–Crippen MR) is 41.7 cm³/mol. The number of terminal acetylenes is 1. The lowest BCUT2D eigenvalue weighted by molar-refractivity contribution is -0.154. The van der Waals surface area contributed by atoms with E-state index in [0.717, 1.165) is 7.11 Å². The highest BCUT2D eigenvalue weighted by Crippen LogP contribution is 2.21. The van der Waals surface area contributed by atoms with Crippen molar-refractivity contribution in [1.82, 2.24) is 0 Å². The molecule has 0 aliphatic carbocycles. The van der Waals surface area contributed by atoms with Crippen LogP contribution in [0.3, 0.4) is 0 Å². The lowest BCUT2D eigenvalue weighted by Gasteiger charge is -2.15. The van der Waals surface area contributed by atoms with Crippen molar-refractivity contribution in [1.29, 1.82) is 0 Å². The molecule has 0 spiro atoms. The smallest absolute Gasteiger partial charge is 0.339 e. The van der Waals surface area contributed by atoms with Crippen LogP contribution in [0.1, 0.15) is 6.42 Å². The molecule has 0 aromatic rings. The van der Waals surface area contributed by atoms with Crippen LogP contribution in [-0.4, -0.2) is 29.0 Å². The number of esters is 1. The lowest BCUT2D eigenvalue weighted by atomic mass is 10.1. The first-order chi connectivity index (χ1) is 5.49. The molecule has 0 aromatic heterocycles. The third-order valence-electron chi connectivity index (χ3n) is 1.19. The molecule has 0 aliphatic rings. The van der Waals surface area contributed by atoms with Gasteiger partial charge in [0.25, 0.3) is 0 Å². The van der Waals surface area contributed by atoms with Crippen molar-refractivity contribution in [2.24, 2.45) is 0 Å². The fraction of sp³-hybridized carbons (Fsp3) is 0.429. The Hall–Kier alpha value is -1.21. The summed E-state index contributed by atoms with van der Waals surface area (Å²) in [6.07, 6.45) is 4.43. The second-order valence-corrected chi connectivity index (χ2v) is 2.62. The Bertz CT molecular complexity index is 242. The van der Waals surface area contributed by atoms with Gasteiger partial charge in [-0.15, -0.1) is 12.3 Å². The van der Waals surface area contributed by atoms with Gasteiger partial charge in [-0.25, -0.2) is 9.59 Å². The zero-order chi connectivity index (χ0) is 9.78. The van der Waals surface area contributed by atoms with E-state index in [2.05, 4.69) is 4.74 Å². The van der Waals surface area contributed by atoms with E-state index in [4.69, 9.17) is 23.1 Å². The Labute approximate surface area is 74.5 Å². The first-order valence-electron chi connectivity index (χ1n) is 2.93. The minimum absolute atomic E-state index is 0.406. The first-order valence-corrected chi connectivity index (χ1v) is 3.31. The van der Waals surface area contributed by atoms with Crippen molar-refractivity contribution in [2.75, 3.05) is 7.11 Å². The maximum atomic E-state index is 10.8. The number of carbonyl (C=O) groups excluding carboxylic acids is 1. The van der Waals surface area contributed by atoms with Gasteiger partial charge in [0.2, 0.25) is 4.87 Å². The molecule has 0 heterocycles. The molecule has 0 radical (unpaired) electrons. The van der Waals surface area contributed by atoms with Crippen LogP contribution in [-0.2, 0) is 14.3 Å². The zero-order valence-electron chi connectivity index (χ0n) is 6.33. The fourth-order valence-corrected chi connectivity index (χ4v) is 0.692. The number of alkyl halides is 1. The largest absolute Gasteiger partial charge is 0.479 e. The van der Waals surface area contributed by atoms with Gasteiger partial charge in [-0.3, -0.25) is 0 Å². The SMILES string of the molecule is C#CCC(Cl)(C(=O)O)C(=O)OC. The predicted octanol–water partition coefficient (Wildman–Crippen LogP) is 0.245. The molecule has 0 aliphatic heterocycles. The van der Waals surface area contributed by atoms with Gasteiger partial charge < -0.3 is 9.84 Å². The molecule has 1 N–H and O–H groups in total. The van der Waals surface area contributed by atoms with Crippen LogP contribution in [0.4, 0.5) is 0 Å². The number of halogens is 1. The molecule has 0 fully saturated rings. The van der Waals surface area contributed by atoms with E-state index in [1.165, 1.54) is 0 Å². The number of carboxylic acid groups (broad SMARTS) is 1. The van der Waals surface area contributed by atoms with Crippen LogP contribution in [0.15, 0.2) is 0 Å². The molecule has 0 aromatic carbocycles. The Morgan fingerprint density at radius 2 is 2.25 bits per heavy atom. The summed E-state index contributed by atoms with van der Waals surface area (Å²) in [7, 11) is 1.04. The highest BCUT2D eigenvalue weighted by Gasteiger charge is 2.45. The minimum Gasteiger partial charge on any atom is -0.479 e. The van der Waals surface area contributed by atoms with Crippen LogP contribution >= 0.6 is 11.6 Å². The average Bonchev–Trinajstić information content (AvgIpc) is 2.03. The van der Waals surface area contributed by atoms with Crippen LogP contribution < -0.4 is 0 Å². The Morgan fingerprint density at radius 1 is 1.75 bits per heavy atom. The van der Waals surface area contributed by atoms with Gasteiger partial charge >= 0.3 is 11.9 Å². The lowest BCUT2D eigenvalue weighted by Crippen LogP contribution is -2.41. The van der Waals surface area contributed by atoms with Crippen LogP contribution in [0.2, 0.25) is 0 Å². The monoisotopic (exact) mass is 190 g/mol. The number of carbonyl (C=O) groups is 2. The summed E-state index contributed by atoms with van der Waals surface area (Å²) in [4.78, 5) is 19.2. The molecule has 0 saturated heterocycles. The molecule has 5 heteroatoms. The van der Waals surface area contributed by atoms with Crippen molar-refractivity contribution < 1.29 is 19.4 Å². The minimum atomic E-state index is -2.15. The average molecular weight is 191 g/mol. The second-order valence-electron chi connectivity index (χ2n) is 1.98. The summed E-state index contributed by atoms with van der Waals surface area (Å²) in [5, 5.41) is 8.54. The van der Waals surface area contributed by atoms with Crippen LogP contribution in [0.25, 0.3) is 0 Å². The van der Waals surface area contributed by atoms with E-state index in [1.54, 1.807) is 0 Å². The van der Waals surface area contributed by atoms with Gasteiger partial charge in [0.15, 0.2) is 0 Å². The second kappa shape index (κ2) is 3.98. The highest BCUT2D eigenvalue weighted by molar-refractivity contribution is 6.44.